The van der Waals surface area contributed by atoms with Crippen molar-refractivity contribution in [3.8, 4) is 11.1 Å². The summed E-state index contributed by atoms with van der Waals surface area (Å²) in [6.45, 7) is 3.95. The molecule has 2 N–H and O–H groups in total. The van der Waals surface area contributed by atoms with Gasteiger partial charge in [0.2, 0.25) is 11.8 Å². The van der Waals surface area contributed by atoms with Crippen LogP contribution < -0.4 is 5.73 Å². The van der Waals surface area contributed by atoms with Gasteiger partial charge in [-0.1, -0.05) is 68.4 Å². The summed E-state index contributed by atoms with van der Waals surface area (Å²) in [6.07, 6.45) is 0. The number of nitrogens with zero attached hydrogens (tertiary/aromatic N) is 1. The van der Waals surface area contributed by atoms with Crippen LogP contribution in [0.4, 0.5) is 0 Å². The Hall–Kier alpha value is -2.62. The van der Waals surface area contributed by atoms with E-state index in [2.05, 4.69) is 12.1 Å². The third kappa shape index (κ3) is 4.68. The molecule has 0 bridgehead atoms. The van der Waals surface area contributed by atoms with Crippen LogP contribution in [-0.2, 0) is 16.1 Å². The van der Waals surface area contributed by atoms with E-state index in [1.807, 2.05) is 56.3 Å². The Kier molecular flexibility index (Phi) is 5.52. The molecule has 0 aliphatic rings. The highest BCUT2D eigenvalue weighted by molar-refractivity contribution is 5.84. The molecule has 2 amide bonds. The first-order valence-corrected chi connectivity index (χ1v) is 7.69. The maximum Gasteiger partial charge on any atom is 0.237 e. The zero-order chi connectivity index (χ0) is 16.8. The van der Waals surface area contributed by atoms with Crippen LogP contribution in [-0.4, -0.2) is 23.3 Å². The van der Waals surface area contributed by atoms with Crippen LogP contribution in [0, 0.1) is 5.92 Å². The molecule has 0 aliphatic carbocycles. The number of amides is 2. The quantitative estimate of drug-likeness (QED) is 0.891. The molecule has 23 heavy (non-hydrogen) atoms. The van der Waals surface area contributed by atoms with Gasteiger partial charge in [-0.25, -0.2) is 0 Å². The van der Waals surface area contributed by atoms with Crippen molar-refractivity contribution in [2.24, 2.45) is 11.7 Å². The van der Waals surface area contributed by atoms with E-state index in [0.29, 0.717) is 6.54 Å². The molecule has 0 saturated heterocycles. The van der Waals surface area contributed by atoms with Gasteiger partial charge in [0.05, 0.1) is 6.54 Å². The monoisotopic (exact) mass is 310 g/mol. The van der Waals surface area contributed by atoms with Crippen LogP contribution in [0.2, 0.25) is 0 Å². The van der Waals surface area contributed by atoms with Gasteiger partial charge in [0.15, 0.2) is 0 Å². The minimum absolute atomic E-state index is 0.0581. The van der Waals surface area contributed by atoms with Crippen LogP contribution in [0.25, 0.3) is 11.1 Å². The molecule has 4 nitrogen and oxygen atoms in total. The fourth-order valence-electron chi connectivity index (χ4n) is 2.42. The molecule has 2 rings (SSSR count). The van der Waals surface area contributed by atoms with E-state index < -0.39 is 5.91 Å². The summed E-state index contributed by atoms with van der Waals surface area (Å²) in [6, 6.07) is 18.1. The van der Waals surface area contributed by atoms with Crippen molar-refractivity contribution in [2.75, 3.05) is 6.54 Å². The molecule has 0 heterocycles. The van der Waals surface area contributed by atoms with E-state index in [1.165, 1.54) is 4.90 Å². The first kappa shape index (κ1) is 16.7. The minimum atomic E-state index is -0.500. The summed E-state index contributed by atoms with van der Waals surface area (Å²) in [5.41, 5.74) is 8.49. The van der Waals surface area contributed by atoms with Gasteiger partial charge in [0.25, 0.3) is 0 Å². The number of hydrogen-bond donors (Lipinski definition) is 1. The van der Waals surface area contributed by atoms with E-state index in [1.54, 1.807) is 0 Å². The van der Waals surface area contributed by atoms with E-state index in [-0.39, 0.29) is 18.4 Å². The largest absolute Gasteiger partial charge is 0.368 e. The van der Waals surface area contributed by atoms with Crippen LogP contribution in [0.5, 0.6) is 0 Å². The average Bonchev–Trinajstić information content (AvgIpc) is 2.54. The van der Waals surface area contributed by atoms with Crippen molar-refractivity contribution >= 4 is 11.8 Å². The van der Waals surface area contributed by atoms with Gasteiger partial charge in [0.1, 0.15) is 0 Å². The Bertz CT molecular complexity index is 664. The second kappa shape index (κ2) is 7.58. The molecular formula is C19H22N2O2. The van der Waals surface area contributed by atoms with Gasteiger partial charge < -0.3 is 10.6 Å². The van der Waals surface area contributed by atoms with Gasteiger partial charge in [-0.3, -0.25) is 9.59 Å². The Labute approximate surface area is 136 Å². The predicted molar refractivity (Wildman–Crippen MR) is 91.3 cm³/mol. The minimum Gasteiger partial charge on any atom is -0.368 e. The van der Waals surface area contributed by atoms with E-state index in [9.17, 15) is 9.59 Å². The van der Waals surface area contributed by atoms with Crippen molar-refractivity contribution in [3.05, 3.63) is 60.2 Å². The number of primary amides is 1. The lowest BCUT2D eigenvalue weighted by atomic mass is 10.0. The van der Waals surface area contributed by atoms with Gasteiger partial charge in [-0.15, -0.1) is 0 Å². The van der Waals surface area contributed by atoms with Crippen LogP contribution in [0.1, 0.15) is 19.4 Å². The molecular weight excluding hydrogens is 288 g/mol. The summed E-state index contributed by atoms with van der Waals surface area (Å²) >= 11 is 0. The SMILES string of the molecule is CC(C)C(=O)N(CC(N)=O)Cc1ccc(-c2ccccc2)cc1. The van der Waals surface area contributed by atoms with Crippen molar-refractivity contribution in [1.82, 2.24) is 4.90 Å². The maximum atomic E-state index is 12.2. The number of carbonyl (C=O) groups excluding carboxylic acids is 2. The molecule has 0 radical (unpaired) electrons. The van der Waals surface area contributed by atoms with Crippen LogP contribution in [0.15, 0.2) is 54.6 Å². The van der Waals surface area contributed by atoms with Crippen molar-refractivity contribution in [1.29, 1.82) is 0 Å². The first-order chi connectivity index (χ1) is 11.0. The first-order valence-electron chi connectivity index (χ1n) is 7.69. The number of benzene rings is 2. The third-order valence-electron chi connectivity index (χ3n) is 3.59. The maximum absolute atomic E-state index is 12.2. The molecule has 0 saturated carbocycles. The summed E-state index contributed by atoms with van der Waals surface area (Å²) in [5, 5.41) is 0. The lowest BCUT2D eigenvalue weighted by Gasteiger charge is -2.23. The zero-order valence-electron chi connectivity index (χ0n) is 13.5. The van der Waals surface area contributed by atoms with E-state index in [4.69, 9.17) is 5.73 Å². The Morgan fingerprint density at radius 2 is 1.52 bits per heavy atom. The number of nitrogens with two attached hydrogens (primary N) is 1. The topological polar surface area (TPSA) is 63.4 Å². The molecule has 0 unspecified atom stereocenters. The Morgan fingerprint density at radius 3 is 2.04 bits per heavy atom. The molecule has 0 fully saturated rings. The van der Waals surface area contributed by atoms with E-state index >= 15 is 0 Å². The Morgan fingerprint density at radius 1 is 0.957 bits per heavy atom. The van der Waals surface area contributed by atoms with E-state index in [0.717, 1.165) is 16.7 Å². The predicted octanol–water partition coefficient (Wildman–Crippen LogP) is 2.82. The fourth-order valence-corrected chi connectivity index (χ4v) is 2.42. The highest BCUT2D eigenvalue weighted by Gasteiger charge is 2.19. The second-order valence-electron chi connectivity index (χ2n) is 5.88. The van der Waals surface area contributed by atoms with Crippen molar-refractivity contribution < 1.29 is 9.59 Å². The second-order valence-corrected chi connectivity index (χ2v) is 5.88. The van der Waals surface area contributed by atoms with Gasteiger partial charge in [0, 0.05) is 12.5 Å². The summed E-state index contributed by atoms with van der Waals surface area (Å²) in [4.78, 5) is 24.9. The molecule has 2 aromatic carbocycles. The molecule has 0 atom stereocenters. The number of carbonyl (C=O) groups is 2. The number of rotatable bonds is 6. The zero-order valence-corrected chi connectivity index (χ0v) is 13.5. The van der Waals surface area contributed by atoms with Crippen molar-refractivity contribution in [2.45, 2.75) is 20.4 Å². The summed E-state index contributed by atoms with van der Waals surface area (Å²) in [5.74, 6) is -0.742. The van der Waals surface area contributed by atoms with Crippen LogP contribution in [0.3, 0.4) is 0 Å². The van der Waals surface area contributed by atoms with Gasteiger partial charge >= 0.3 is 0 Å². The lowest BCUT2D eigenvalue weighted by molar-refractivity contribution is -0.138. The smallest absolute Gasteiger partial charge is 0.237 e. The summed E-state index contributed by atoms with van der Waals surface area (Å²) in [7, 11) is 0. The normalized spacial score (nSPS) is 10.6. The molecule has 0 aromatic heterocycles. The highest BCUT2D eigenvalue weighted by Crippen LogP contribution is 2.20. The highest BCUT2D eigenvalue weighted by atomic mass is 16.2. The molecule has 2 aromatic rings. The standard InChI is InChI=1S/C19H22N2O2/c1-14(2)19(23)21(13-18(20)22)12-15-8-10-17(11-9-15)16-6-4-3-5-7-16/h3-11,14H,12-13H2,1-2H3,(H2,20,22). The van der Waals surface area contributed by atoms with Crippen LogP contribution >= 0.6 is 0 Å². The fraction of sp³-hybridized carbons (Fsp3) is 0.263. The molecule has 4 heteroatoms. The molecule has 0 spiro atoms. The van der Waals surface area contributed by atoms with Gasteiger partial charge in [-0.05, 0) is 16.7 Å². The number of hydrogen-bond acceptors (Lipinski definition) is 2. The average molecular weight is 310 g/mol. The molecule has 0 aliphatic heterocycles. The van der Waals surface area contributed by atoms with Crippen molar-refractivity contribution in [3.63, 3.8) is 0 Å². The summed E-state index contributed by atoms with van der Waals surface area (Å²) < 4.78 is 0. The molecule has 120 valence electrons. The lowest BCUT2D eigenvalue weighted by Crippen LogP contribution is -2.40. The third-order valence-corrected chi connectivity index (χ3v) is 3.59. The van der Waals surface area contributed by atoms with Gasteiger partial charge in [-0.2, -0.15) is 0 Å². The Balaban J connectivity index is 2.14.